The molecule has 32 rings (SSSR count). The zero-order chi connectivity index (χ0) is 95.1. The number of nitrogens with zero attached hydrogens (tertiary/aromatic N) is 5. The van der Waals surface area contributed by atoms with Crippen molar-refractivity contribution in [3.8, 4) is 57.5 Å². The van der Waals surface area contributed by atoms with E-state index < -0.39 is 85.3 Å². The van der Waals surface area contributed by atoms with Crippen LogP contribution in [0, 0.1) is 29.6 Å². The molecule has 15 N–H and O–H groups in total. The highest BCUT2D eigenvalue weighted by Crippen LogP contribution is 2.74. The number of aromatic amines is 1. The lowest BCUT2D eigenvalue weighted by atomic mass is 9.48. The van der Waals surface area contributed by atoms with Gasteiger partial charge in [0.1, 0.15) is 24.4 Å². The number of aliphatic hydroxyl groups excluding tert-OH is 1. The van der Waals surface area contributed by atoms with Gasteiger partial charge in [0.05, 0.1) is 80.0 Å². The maximum atomic E-state index is 12.7. The van der Waals surface area contributed by atoms with Gasteiger partial charge in [-0.2, -0.15) is 0 Å². The summed E-state index contributed by atoms with van der Waals surface area (Å²) in [7, 11) is 1.26. The molecule has 0 unspecified atom stereocenters. The van der Waals surface area contributed by atoms with Gasteiger partial charge in [0.15, 0.2) is 63.6 Å². The molecule has 23 atom stereocenters. The number of ether oxygens (including phenoxy) is 6. The van der Waals surface area contributed by atoms with Gasteiger partial charge in [0, 0.05) is 126 Å². The molecule has 9 saturated carbocycles. The van der Waals surface area contributed by atoms with E-state index in [0.29, 0.717) is 67.3 Å². The molecule has 11 heterocycles. The summed E-state index contributed by atoms with van der Waals surface area (Å²) in [6, 6.07) is 27.2. The number of phenolic OH excluding ortho intramolecular Hbond substituents is 5. The average molecular weight is 1910 g/mol. The molecule has 10 bridgehead atoms. The summed E-state index contributed by atoms with van der Waals surface area (Å²) in [4.78, 5) is 40.3. The van der Waals surface area contributed by atoms with E-state index in [2.05, 4.69) is 70.4 Å². The number of piperidine rings is 5. The Morgan fingerprint density at radius 2 is 0.807 bits per heavy atom. The summed E-state index contributed by atoms with van der Waals surface area (Å²) < 4.78 is 36.3. The van der Waals surface area contributed by atoms with Gasteiger partial charge in [0.25, 0.3) is 0 Å². The third-order valence-corrected chi connectivity index (χ3v) is 41.5. The van der Waals surface area contributed by atoms with Gasteiger partial charge >= 0.3 is 5.97 Å². The molecule has 0 radical (unpaired) electrons. The fourth-order valence-corrected chi connectivity index (χ4v) is 34.4. The molecule has 10 aliphatic heterocycles. The fraction of sp³-hybridized carbons (Fsp3) is 0.611. The average Bonchev–Trinajstić information content (AvgIpc) is 1.51. The van der Waals surface area contributed by atoms with Crippen LogP contribution in [0.4, 0.5) is 0 Å². The summed E-state index contributed by atoms with van der Waals surface area (Å²) in [6.45, 7) is 14.5. The lowest BCUT2D eigenvalue weighted by Crippen LogP contribution is -2.78. The van der Waals surface area contributed by atoms with E-state index in [4.69, 9.17) is 29.4 Å². The van der Waals surface area contributed by atoms with Crippen molar-refractivity contribution in [1.82, 2.24) is 34.8 Å². The number of H-pyrrole nitrogens is 1. The molecule has 5 saturated heterocycles. The number of amides is 1. The summed E-state index contributed by atoms with van der Waals surface area (Å²) in [5, 5.41) is 129. The SMILES string of the molecule is C=C1CC[C@@]2(O)[C@H]3Cc4ccc(O)c5c4[C@@]2(CCN3CC2CC2)[C@H]1O5.COC(=O)/C=C/C(=O)N[C@@H]1CC[C@@]2(O)[C@H]3Cc4ccc(O)c5c4[C@@]2(CCN3CC2CC2)[C@H]1O5.N[C@@H]1CC[C@@]2(O)[C@H]3Cc4ccc(O)c5c4[C@@]2(CCN3CC2CC2)[C@H]1O5.Oc1ccc2c3c1O[C@H]1[C@@H](O)CC[C@@]4(O)[C@@H](C2)N(CC2CCC2)CC[C@]314.Oc1ccc2c3c1O[C@H]1c4[nH]c5ccccc5c4C[C@@]4(O)[C@@H](C2)N(CC2CC2)CC[C@]314. The van der Waals surface area contributed by atoms with Crippen molar-refractivity contribution in [1.29, 1.82) is 0 Å². The Hall–Kier alpha value is -9.20. The topological polar surface area (TPSA) is 382 Å². The van der Waals surface area contributed by atoms with Crippen molar-refractivity contribution in [2.24, 2.45) is 35.3 Å². The Balaban J connectivity index is 0.0000000862. The minimum Gasteiger partial charge on any atom is -0.504 e. The van der Waals surface area contributed by atoms with Crippen LogP contribution in [0.1, 0.15) is 227 Å². The molecule has 740 valence electrons. The van der Waals surface area contributed by atoms with Gasteiger partial charge in [-0.1, -0.05) is 61.5 Å². The Morgan fingerprint density at radius 3 is 1.26 bits per heavy atom. The van der Waals surface area contributed by atoms with Crippen LogP contribution in [0.15, 0.2) is 109 Å². The second-order valence-electron chi connectivity index (χ2n) is 47.9. The molecule has 27 heteroatoms. The quantitative estimate of drug-likeness (QED) is 0.0290. The van der Waals surface area contributed by atoms with Crippen LogP contribution < -0.4 is 34.7 Å². The van der Waals surface area contributed by atoms with Crippen LogP contribution in [-0.2, 0) is 79.9 Å². The number of likely N-dealkylation sites (tertiary alicyclic amines) is 5. The predicted molar refractivity (Wildman–Crippen MR) is 517 cm³/mol. The molecular formula is C113H134N8O19. The number of benzene rings is 6. The van der Waals surface area contributed by atoms with E-state index in [-0.39, 0.29) is 89.4 Å². The number of para-hydroxylation sites is 1. The Labute approximate surface area is 815 Å². The van der Waals surface area contributed by atoms with Gasteiger partial charge in [-0.05, 0) is 317 Å². The third-order valence-electron chi connectivity index (χ3n) is 41.5. The van der Waals surface area contributed by atoms with E-state index in [1.807, 2.05) is 30.3 Å². The number of methoxy groups -OCH3 is 1. The molecule has 14 fully saturated rings. The van der Waals surface area contributed by atoms with Crippen molar-refractivity contribution in [2.45, 2.75) is 327 Å². The minimum atomic E-state index is -0.986. The number of aromatic hydroxyl groups is 5. The highest BCUT2D eigenvalue weighted by Gasteiger charge is 2.80. The summed E-state index contributed by atoms with van der Waals surface area (Å²) in [5.74, 6) is 6.49. The van der Waals surface area contributed by atoms with E-state index in [9.17, 15) is 65.8 Å². The Bertz CT molecular complexity index is 6400. The number of fused-ring (bicyclic) bond motifs is 4. The largest absolute Gasteiger partial charge is 0.504 e. The van der Waals surface area contributed by atoms with Gasteiger partial charge in [-0.15, -0.1) is 0 Å². The standard InChI is InChI=1S/C26H26N2O3.C25H30N2O6.C21H27NO4.C21H25NO3.C20H26N2O3/c29-19-8-7-15-11-20-26(30)12-17-16-3-1-2-4-18(16)27-22(17)24-25(26,21(15)23(19)31-24)9-10-28(20)13-14-5-6-14;1-32-20(30)7-6-19(29)26-16-8-9-25(31)18-12-15-4-5-17(28)22-21(15)24(25,23(16)33-22)10-11-27(18)13-14-2-3-14;23-14-5-4-13-10-16-21(25)7-6-15(24)19-20(21,17(13)18(14)26-19)8-9-22(16)11-12-2-1-3-12;1-12-6-7-21(24)16-10-14-4-5-15(23)18-17(14)20(21,19(12)25-18)8-9-22(16)11-13-2-3-13;21-13-5-6-20(24)15-9-12-3-4-14(23)17-16(12)19(20,18(13)25-17)7-8-22(15)10-11-1-2-11/h1-4,7-8,14,20,24,27,29-30H,5-6,9-13H2;4-7,14,16,18,23,28,31H,2-3,8-13H2,1H3,(H,26,29);4-5,12,15-16,19,23-25H,1-3,6-11H2;4-5,13,16,19,23-24H,1-3,6-11H2;3-4,11,13,15,18,23-24H,1-2,5-10,21H2/b;7-6+;;;/t20-,24+,25+,26-;16-,18-,23+,24+,25-;15-,16+,19-,20-,21+;16-,19+,20+,21-;13-,15-,18+,19+,20-/m11011/s1. The Kier molecular flexibility index (Phi) is 19.4. The highest BCUT2D eigenvalue weighted by atomic mass is 16.5. The molecular weight excluding hydrogens is 1770 g/mol. The number of aliphatic hydroxyl groups is 6. The zero-order valence-electron chi connectivity index (χ0n) is 80.1. The Morgan fingerprint density at radius 1 is 0.436 bits per heavy atom. The van der Waals surface area contributed by atoms with E-state index in [1.165, 1.54) is 111 Å². The molecule has 1 aromatic heterocycles. The summed E-state index contributed by atoms with van der Waals surface area (Å²) in [5.41, 5.74) is 15.1. The normalized spacial score (nSPS) is 39.7. The second kappa shape index (κ2) is 30.7. The lowest BCUT2D eigenvalue weighted by molar-refractivity contribution is -0.209. The lowest BCUT2D eigenvalue weighted by Gasteiger charge is -2.64. The number of rotatable bonds is 13. The van der Waals surface area contributed by atoms with Crippen molar-refractivity contribution in [2.75, 3.05) is 72.6 Å². The zero-order valence-corrected chi connectivity index (χ0v) is 80.1. The first-order valence-electron chi connectivity index (χ1n) is 53.3. The van der Waals surface area contributed by atoms with Crippen LogP contribution in [0.2, 0.25) is 0 Å². The van der Waals surface area contributed by atoms with E-state index >= 15 is 0 Å². The van der Waals surface area contributed by atoms with Crippen LogP contribution in [0.5, 0.6) is 57.5 Å². The molecule has 6 aromatic carbocycles. The third kappa shape index (κ3) is 11.8. The maximum Gasteiger partial charge on any atom is 0.330 e. The molecule has 25 aliphatic rings. The number of aromatic nitrogens is 1. The van der Waals surface area contributed by atoms with Crippen molar-refractivity contribution < 1.29 is 94.2 Å². The summed E-state index contributed by atoms with van der Waals surface area (Å²) >= 11 is 0. The highest BCUT2D eigenvalue weighted by molar-refractivity contribution is 5.95. The molecule has 7 aromatic rings. The first-order chi connectivity index (χ1) is 67.6. The molecule has 27 nitrogen and oxygen atoms in total. The maximum absolute atomic E-state index is 12.7. The number of carbonyl (C=O) groups excluding carboxylic acids is 2. The van der Waals surface area contributed by atoms with Crippen molar-refractivity contribution >= 4 is 22.8 Å². The number of phenols is 5. The van der Waals surface area contributed by atoms with Crippen molar-refractivity contribution in [3.05, 3.63) is 176 Å². The number of hydrogen-bond acceptors (Lipinski definition) is 25. The number of hydrogen-bond donors (Lipinski definition) is 14. The van der Waals surface area contributed by atoms with E-state index in [0.717, 1.165) is 241 Å². The van der Waals surface area contributed by atoms with Gasteiger partial charge < -0.3 is 101 Å². The smallest absolute Gasteiger partial charge is 0.330 e. The molecule has 5 spiro atoms. The first-order valence-corrected chi connectivity index (χ1v) is 53.3. The number of esters is 1. The fourth-order valence-electron chi connectivity index (χ4n) is 34.4. The molecule has 140 heavy (non-hydrogen) atoms. The monoisotopic (exact) mass is 1910 g/mol. The van der Waals surface area contributed by atoms with E-state index in [1.54, 1.807) is 30.3 Å². The predicted octanol–water partition coefficient (Wildman–Crippen LogP) is 10.2. The first kappa shape index (κ1) is 88.5. The number of carbonyl (C=O) groups is 2. The van der Waals surface area contributed by atoms with Crippen LogP contribution in [-0.4, -0.2) is 271 Å². The van der Waals surface area contributed by atoms with Gasteiger partial charge in [-0.25, -0.2) is 4.79 Å². The van der Waals surface area contributed by atoms with Crippen LogP contribution >= 0.6 is 0 Å². The van der Waals surface area contributed by atoms with Gasteiger partial charge in [-0.3, -0.25) is 29.3 Å². The second-order valence-corrected chi connectivity index (χ2v) is 47.9. The minimum absolute atomic E-state index is 0.00295. The molecule has 15 aliphatic carbocycles. The van der Waals surface area contributed by atoms with Gasteiger partial charge in [0.2, 0.25) is 5.91 Å². The van der Waals surface area contributed by atoms with Crippen LogP contribution in [0.25, 0.3) is 10.9 Å². The van der Waals surface area contributed by atoms with Crippen LogP contribution in [0.3, 0.4) is 0 Å². The summed E-state index contributed by atoms with van der Waals surface area (Å²) in [6.07, 6.45) is 28.6. The molecule has 1 amide bonds. The number of nitrogens with one attached hydrogen (secondary N) is 2. The van der Waals surface area contributed by atoms with Crippen molar-refractivity contribution in [3.63, 3.8) is 0 Å². The number of nitrogens with two attached hydrogens (primary N) is 1.